The molecule has 0 aliphatic rings. The summed E-state index contributed by atoms with van der Waals surface area (Å²) in [5, 5.41) is 0. The van der Waals surface area contributed by atoms with Crippen LogP contribution in [0.4, 0.5) is 0 Å². The van der Waals surface area contributed by atoms with Gasteiger partial charge in [-0.3, -0.25) is 0 Å². The standard InChI is InChI=1S/C12H19P/c1-10(8-9-11(2)13)12-6-4-3-5-7-12/h3-7,10-11H,8-9,13H2,1-2H3. The second-order valence-corrected chi connectivity index (χ2v) is 5.00. The Morgan fingerprint density at radius 2 is 1.69 bits per heavy atom. The third-order valence-electron chi connectivity index (χ3n) is 2.42. The molecule has 3 atom stereocenters. The van der Waals surface area contributed by atoms with Gasteiger partial charge in [-0.1, -0.05) is 44.2 Å². The summed E-state index contributed by atoms with van der Waals surface area (Å²) in [6.07, 6.45) is 2.58. The Bertz CT molecular complexity index is 228. The fraction of sp³-hybridized carbons (Fsp3) is 0.500. The Balaban J connectivity index is 2.44. The quantitative estimate of drug-likeness (QED) is 0.639. The van der Waals surface area contributed by atoms with Gasteiger partial charge in [-0.05, 0) is 30.0 Å². The average Bonchev–Trinajstić information content (AvgIpc) is 2.15. The van der Waals surface area contributed by atoms with Crippen molar-refractivity contribution < 1.29 is 0 Å². The second-order valence-electron chi connectivity index (χ2n) is 3.87. The van der Waals surface area contributed by atoms with E-state index in [-0.39, 0.29) is 0 Å². The van der Waals surface area contributed by atoms with E-state index in [4.69, 9.17) is 0 Å². The zero-order valence-corrected chi connectivity index (χ0v) is 9.69. The van der Waals surface area contributed by atoms with Crippen molar-refractivity contribution in [1.29, 1.82) is 0 Å². The van der Waals surface area contributed by atoms with Crippen molar-refractivity contribution in [2.75, 3.05) is 0 Å². The van der Waals surface area contributed by atoms with E-state index in [2.05, 4.69) is 53.4 Å². The highest BCUT2D eigenvalue weighted by atomic mass is 31.0. The summed E-state index contributed by atoms with van der Waals surface area (Å²) < 4.78 is 0. The van der Waals surface area contributed by atoms with Gasteiger partial charge in [-0.15, -0.1) is 9.24 Å². The molecule has 0 saturated carbocycles. The summed E-state index contributed by atoms with van der Waals surface area (Å²) in [4.78, 5) is 0. The van der Waals surface area contributed by atoms with Crippen LogP contribution < -0.4 is 0 Å². The molecular weight excluding hydrogens is 175 g/mol. The highest BCUT2D eigenvalue weighted by Crippen LogP contribution is 2.22. The minimum Gasteiger partial charge on any atom is -0.135 e. The highest BCUT2D eigenvalue weighted by Gasteiger charge is 2.05. The molecule has 0 spiro atoms. The number of hydrogen-bond donors (Lipinski definition) is 0. The summed E-state index contributed by atoms with van der Waals surface area (Å²) >= 11 is 0. The van der Waals surface area contributed by atoms with Gasteiger partial charge in [0, 0.05) is 0 Å². The van der Waals surface area contributed by atoms with E-state index < -0.39 is 0 Å². The topological polar surface area (TPSA) is 0 Å². The molecule has 3 unspecified atom stereocenters. The van der Waals surface area contributed by atoms with Crippen LogP contribution in [0.2, 0.25) is 0 Å². The fourth-order valence-corrected chi connectivity index (χ4v) is 1.65. The summed E-state index contributed by atoms with van der Waals surface area (Å²) in [6.45, 7) is 4.56. The molecule has 0 bridgehead atoms. The van der Waals surface area contributed by atoms with Gasteiger partial charge in [-0.25, -0.2) is 0 Å². The molecular formula is C12H19P. The summed E-state index contributed by atoms with van der Waals surface area (Å²) in [6, 6.07) is 10.8. The van der Waals surface area contributed by atoms with Gasteiger partial charge in [-0.2, -0.15) is 0 Å². The zero-order valence-electron chi connectivity index (χ0n) is 8.53. The third-order valence-corrected chi connectivity index (χ3v) is 2.76. The lowest BCUT2D eigenvalue weighted by Crippen LogP contribution is -1.97. The normalized spacial score (nSPS) is 15.3. The Kier molecular flexibility index (Phi) is 4.45. The van der Waals surface area contributed by atoms with Crippen LogP contribution >= 0.6 is 9.24 Å². The fourth-order valence-electron chi connectivity index (χ4n) is 1.46. The van der Waals surface area contributed by atoms with Crippen LogP contribution in [0.15, 0.2) is 30.3 Å². The monoisotopic (exact) mass is 194 g/mol. The summed E-state index contributed by atoms with van der Waals surface area (Å²) in [5.41, 5.74) is 2.21. The Labute approximate surface area is 84.0 Å². The van der Waals surface area contributed by atoms with Gasteiger partial charge in [0.1, 0.15) is 0 Å². The zero-order chi connectivity index (χ0) is 9.68. The van der Waals surface area contributed by atoms with E-state index in [1.165, 1.54) is 18.4 Å². The van der Waals surface area contributed by atoms with E-state index >= 15 is 0 Å². The molecule has 1 aromatic carbocycles. The SMILES string of the molecule is CC(P)CCC(C)c1ccccc1. The van der Waals surface area contributed by atoms with Gasteiger partial charge in [0.05, 0.1) is 0 Å². The molecule has 0 nitrogen and oxygen atoms in total. The van der Waals surface area contributed by atoms with Crippen LogP contribution in [-0.2, 0) is 0 Å². The van der Waals surface area contributed by atoms with Crippen LogP contribution in [0, 0.1) is 0 Å². The Morgan fingerprint density at radius 3 is 2.23 bits per heavy atom. The molecule has 0 radical (unpaired) electrons. The minimum atomic E-state index is 0.698. The summed E-state index contributed by atoms with van der Waals surface area (Å²) in [5.74, 6) is 0.698. The van der Waals surface area contributed by atoms with E-state index in [0.29, 0.717) is 5.92 Å². The van der Waals surface area contributed by atoms with Crippen molar-refractivity contribution in [2.24, 2.45) is 0 Å². The maximum absolute atomic E-state index is 2.86. The molecule has 13 heavy (non-hydrogen) atoms. The first-order valence-corrected chi connectivity index (χ1v) is 5.67. The maximum Gasteiger partial charge on any atom is -0.0190 e. The molecule has 0 N–H and O–H groups in total. The maximum atomic E-state index is 2.86. The highest BCUT2D eigenvalue weighted by molar-refractivity contribution is 7.17. The van der Waals surface area contributed by atoms with Gasteiger partial charge >= 0.3 is 0 Å². The predicted octanol–water partition coefficient (Wildman–Crippen LogP) is 3.83. The predicted molar refractivity (Wildman–Crippen MR) is 63.3 cm³/mol. The molecule has 0 aromatic heterocycles. The second kappa shape index (κ2) is 5.40. The molecule has 0 aliphatic carbocycles. The molecule has 0 amide bonds. The number of rotatable bonds is 4. The van der Waals surface area contributed by atoms with Crippen molar-refractivity contribution in [3.8, 4) is 0 Å². The lowest BCUT2D eigenvalue weighted by Gasteiger charge is -2.12. The molecule has 1 rings (SSSR count). The third kappa shape index (κ3) is 3.91. The van der Waals surface area contributed by atoms with Crippen molar-refractivity contribution in [3.63, 3.8) is 0 Å². The van der Waals surface area contributed by atoms with Crippen molar-refractivity contribution >= 4 is 9.24 Å². The van der Waals surface area contributed by atoms with Crippen molar-refractivity contribution in [2.45, 2.75) is 38.3 Å². The summed E-state index contributed by atoms with van der Waals surface area (Å²) in [7, 11) is 2.86. The molecule has 72 valence electrons. The van der Waals surface area contributed by atoms with Crippen LogP contribution in [0.1, 0.15) is 38.2 Å². The van der Waals surface area contributed by atoms with E-state index in [0.717, 1.165) is 5.66 Å². The van der Waals surface area contributed by atoms with E-state index in [9.17, 15) is 0 Å². The number of hydrogen-bond acceptors (Lipinski definition) is 0. The molecule has 0 saturated heterocycles. The van der Waals surface area contributed by atoms with E-state index in [1.54, 1.807) is 0 Å². The lowest BCUT2D eigenvalue weighted by atomic mass is 9.96. The minimum absolute atomic E-state index is 0.698. The Hall–Kier alpha value is -0.350. The molecule has 1 aromatic rings. The van der Waals surface area contributed by atoms with Gasteiger partial charge in [0.15, 0.2) is 0 Å². The first-order chi connectivity index (χ1) is 6.20. The van der Waals surface area contributed by atoms with E-state index in [1.807, 2.05) is 0 Å². The first kappa shape index (κ1) is 10.7. The smallest absolute Gasteiger partial charge is 0.0190 e. The molecule has 0 heterocycles. The van der Waals surface area contributed by atoms with Gasteiger partial charge < -0.3 is 0 Å². The van der Waals surface area contributed by atoms with Gasteiger partial charge in [0.25, 0.3) is 0 Å². The largest absolute Gasteiger partial charge is 0.135 e. The molecule has 0 aliphatic heterocycles. The first-order valence-electron chi connectivity index (χ1n) is 5.00. The molecule has 0 fully saturated rings. The average molecular weight is 194 g/mol. The Morgan fingerprint density at radius 1 is 1.08 bits per heavy atom. The van der Waals surface area contributed by atoms with Crippen LogP contribution in [0.3, 0.4) is 0 Å². The van der Waals surface area contributed by atoms with Crippen LogP contribution in [0.25, 0.3) is 0 Å². The number of benzene rings is 1. The van der Waals surface area contributed by atoms with Crippen LogP contribution in [-0.4, -0.2) is 5.66 Å². The van der Waals surface area contributed by atoms with Crippen molar-refractivity contribution in [1.82, 2.24) is 0 Å². The molecule has 1 heteroatoms. The van der Waals surface area contributed by atoms with Crippen molar-refractivity contribution in [3.05, 3.63) is 35.9 Å². The van der Waals surface area contributed by atoms with Crippen LogP contribution in [0.5, 0.6) is 0 Å². The van der Waals surface area contributed by atoms with Gasteiger partial charge in [0.2, 0.25) is 0 Å². The lowest BCUT2D eigenvalue weighted by molar-refractivity contribution is 0.631.